The van der Waals surface area contributed by atoms with Gasteiger partial charge in [-0.15, -0.1) is 0 Å². The van der Waals surface area contributed by atoms with Gasteiger partial charge < -0.3 is 25.3 Å². The van der Waals surface area contributed by atoms with Crippen LogP contribution < -0.4 is 11.1 Å². The van der Waals surface area contributed by atoms with Gasteiger partial charge in [-0.25, -0.2) is 0 Å². The third kappa shape index (κ3) is 12.3. The zero-order valence-corrected chi connectivity index (χ0v) is 19.5. The van der Waals surface area contributed by atoms with Gasteiger partial charge in [0.25, 0.3) is 5.97 Å². The van der Waals surface area contributed by atoms with Crippen LogP contribution in [0.2, 0.25) is 0 Å². The molecule has 1 aromatic carbocycles. The van der Waals surface area contributed by atoms with Crippen molar-refractivity contribution in [3.63, 3.8) is 0 Å². The van der Waals surface area contributed by atoms with Crippen LogP contribution >= 0.6 is 0 Å². The standard InChI is InChI=1S/C15H32O3.C9H14N2/c1-6-8-9-10-11-12-13-14(7-2)15(16-3,17-4)18-5;10-6-7-11-8-9-4-2-1-3-5-9/h14H,6-13H2,1-5H3;1-5,11H,6-8,10H2. The molecule has 0 aliphatic carbocycles. The van der Waals surface area contributed by atoms with Crippen molar-refractivity contribution in [3.8, 4) is 0 Å². The van der Waals surface area contributed by atoms with E-state index in [9.17, 15) is 0 Å². The number of ether oxygens (including phenoxy) is 3. The Kier molecular flexibility index (Phi) is 18.4. The molecule has 5 heteroatoms. The number of nitrogens with one attached hydrogen (secondary N) is 1. The number of unbranched alkanes of at least 4 members (excludes halogenated alkanes) is 5. The Balaban J connectivity index is 0.000000604. The summed E-state index contributed by atoms with van der Waals surface area (Å²) in [5, 5.41) is 3.23. The minimum Gasteiger partial charge on any atom is -0.331 e. The highest BCUT2D eigenvalue weighted by Crippen LogP contribution is 2.31. The highest BCUT2D eigenvalue weighted by molar-refractivity contribution is 5.14. The van der Waals surface area contributed by atoms with Crippen molar-refractivity contribution in [3.05, 3.63) is 35.9 Å². The van der Waals surface area contributed by atoms with Gasteiger partial charge in [0.05, 0.1) is 0 Å². The summed E-state index contributed by atoms with van der Waals surface area (Å²) in [5.74, 6) is -0.568. The molecule has 1 rings (SSSR count). The lowest BCUT2D eigenvalue weighted by Crippen LogP contribution is -2.43. The number of methoxy groups -OCH3 is 3. The summed E-state index contributed by atoms with van der Waals surface area (Å²) in [6, 6.07) is 10.3. The molecule has 0 amide bonds. The van der Waals surface area contributed by atoms with Crippen LogP contribution in [0, 0.1) is 5.92 Å². The zero-order chi connectivity index (χ0) is 21.8. The topological polar surface area (TPSA) is 65.7 Å². The molecule has 1 atom stereocenters. The van der Waals surface area contributed by atoms with Crippen LogP contribution in [0.1, 0.15) is 70.8 Å². The average Bonchev–Trinajstić information content (AvgIpc) is 2.77. The van der Waals surface area contributed by atoms with E-state index in [1.807, 2.05) is 18.2 Å². The summed E-state index contributed by atoms with van der Waals surface area (Å²) in [4.78, 5) is 0. The SMILES string of the molecule is CCCCCCCCC(CC)C(OC)(OC)OC.NCCNCc1ccccc1. The smallest absolute Gasteiger partial charge is 0.285 e. The fourth-order valence-electron chi connectivity index (χ4n) is 3.48. The fraction of sp³-hybridized carbons (Fsp3) is 0.750. The summed E-state index contributed by atoms with van der Waals surface area (Å²) in [6.07, 6.45) is 9.97. The van der Waals surface area contributed by atoms with Crippen molar-refractivity contribution in [2.75, 3.05) is 34.4 Å². The zero-order valence-electron chi connectivity index (χ0n) is 19.5. The van der Waals surface area contributed by atoms with Crippen molar-refractivity contribution in [1.82, 2.24) is 5.32 Å². The Morgan fingerprint density at radius 3 is 2.00 bits per heavy atom. The van der Waals surface area contributed by atoms with Crippen LogP contribution in [0.4, 0.5) is 0 Å². The van der Waals surface area contributed by atoms with Gasteiger partial charge in [0.1, 0.15) is 0 Å². The molecule has 0 aliphatic heterocycles. The fourth-order valence-corrected chi connectivity index (χ4v) is 3.48. The summed E-state index contributed by atoms with van der Waals surface area (Å²) in [6.45, 7) is 6.91. The first kappa shape index (κ1) is 28.0. The van der Waals surface area contributed by atoms with Crippen LogP contribution in [0.5, 0.6) is 0 Å². The number of hydrogen-bond donors (Lipinski definition) is 2. The number of nitrogens with two attached hydrogens (primary N) is 1. The molecule has 0 saturated carbocycles. The summed E-state index contributed by atoms with van der Waals surface area (Å²) in [5.41, 5.74) is 6.64. The quantitative estimate of drug-likeness (QED) is 0.293. The van der Waals surface area contributed by atoms with Gasteiger partial charge >= 0.3 is 0 Å². The molecule has 0 saturated heterocycles. The van der Waals surface area contributed by atoms with E-state index >= 15 is 0 Å². The minimum atomic E-state index is -0.863. The molecule has 170 valence electrons. The molecule has 5 nitrogen and oxygen atoms in total. The summed E-state index contributed by atoms with van der Waals surface area (Å²) >= 11 is 0. The first-order valence-corrected chi connectivity index (χ1v) is 11.2. The molecule has 0 bridgehead atoms. The van der Waals surface area contributed by atoms with Crippen molar-refractivity contribution in [2.45, 2.75) is 77.7 Å². The van der Waals surface area contributed by atoms with Crippen molar-refractivity contribution < 1.29 is 14.2 Å². The third-order valence-electron chi connectivity index (χ3n) is 5.25. The van der Waals surface area contributed by atoms with E-state index in [0.29, 0.717) is 12.5 Å². The second-order valence-corrected chi connectivity index (χ2v) is 7.33. The first-order chi connectivity index (χ1) is 14.1. The maximum atomic E-state index is 5.44. The average molecular weight is 411 g/mol. The van der Waals surface area contributed by atoms with Gasteiger partial charge in [-0.3, -0.25) is 0 Å². The molecule has 0 fully saturated rings. The molecule has 0 aliphatic rings. The second-order valence-electron chi connectivity index (χ2n) is 7.33. The molecular weight excluding hydrogens is 364 g/mol. The lowest BCUT2D eigenvalue weighted by atomic mass is 9.95. The van der Waals surface area contributed by atoms with E-state index < -0.39 is 5.97 Å². The highest BCUT2D eigenvalue weighted by atomic mass is 16.9. The molecular formula is C24H46N2O3. The lowest BCUT2D eigenvalue weighted by molar-refractivity contribution is -0.380. The van der Waals surface area contributed by atoms with Crippen LogP contribution in [0.15, 0.2) is 30.3 Å². The Hall–Kier alpha value is -0.980. The van der Waals surface area contributed by atoms with E-state index in [4.69, 9.17) is 19.9 Å². The minimum absolute atomic E-state index is 0.295. The maximum absolute atomic E-state index is 5.44. The van der Waals surface area contributed by atoms with E-state index in [1.54, 1.807) is 21.3 Å². The number of hydrogen-bond acceptors (Lipinski definition) is 5. The van der Waals surface area contributed by atoms with Crippen LogP contribution in [-0.2, 0) is 20.8 Å². The highest BCUT2D eigenvalue weighted by Gasteiger charge is 2.38. The van der Waals surface area contributed by atoms with Crippen LogP contribution in [0.3, 0.4) is 0 Å². The number of benzene rings is 1. The van der Waals surface area contributed by atoms with Gasteiger partial charge in [0.2, 0.25) is 0 Å². The van der Waals surface area contributed by atoms with Gasteiger partial charge in [-0.05, 0) is 18.4 Å². The Labute approximate surface area is 179 Å². The van der Waals surface area contributed by atoms with E-state index in [2.05, 4.69) is 31.3 Å². The van der Waals surface area contributed by atoms with Crippen molar-refractivity contribution in [1.29, 1.82) is 0 Å². The summed E-state index contributed by atoms with van der Waals surface area (Å²) < 4.78 is 16.3. The van der Waals surface area contributed by atoms with Gasteiger partial charge in [0.15, 0.2) is 0 Å². The molecule has 29 heavy (non-hydrogen) atoms. The Morgan fingerprint density at radius 2 is 1.48 bits per heavy atom. The predicted octanol–water partition coefficient (Wildman–Crippen LogP) is 5.09. The van der Waals surface area contributed by atoms with Gasteiger partial charge in [0, 0.05) is 46.9 Å². The molecule has 0 radical (unpaired) electrons. The molecule has 0 aromatic heterocycles. The van der Waals surface area contributed by atoms with E-state index in [-0.39, 0.29) is 0 Å². The van der Waals surface area contributed by atoms with E-state index in [0.717, 1.165) is 25.9 Å². The molecule has 1 unspecified atom stereocenters. The lowest BCUT2D eigenvalue weighted by Gasteiger charge is -2.36. The third-order valence-corrected chi connectivity index (χ3v) is 5.25. The predicted molar refractivity (Wildman–Crippen MR) is 123 cm³/mol. The number of rotatable bonds is 16. The normalized spacial score (nSPS) is 12.3. The largest absolute Gasteiger partial charge is 0.331 e. The van der Waals surface area contributed by atoms with Crippen LogP contribution in [0.25, 0.3) is 0 Å². The molecule has 3 N–H and O–H groups in total. The maximum Gasteiger partial charge on any atom is 0.285 e. The van der Waals surface area contributed by atoms with Crippen LogP contribution in [-0.4, -0.2) is 40.4 Å². The van der Waals surface area contributed by atoms with Gasteiger partial charge in [-0.1, -0.05) is 82.7 Å². The van der Waals surface area contributed by atoms with Gasteiger partial charge in [-0.2, -0.15) is 0 Å². The first-order valence-electron chi connectivity index (χ1n) is 11.2. The molecule has 0 spiro atoms. The van der Waals surface area contributed by atoms with Crippen molar-refractivity contribution in [2.24, 2.45) is 11.7 Å². The second kappa shape index (κ2) is 19.0. The Bertz CT molecular complexity index is 444. The molecule has 0 heterocycles. The summed E-state index contributed by atoms with van der Waals surface area (Å²) in [7, 11) is 4.95. The Morgan fingerprint density at radius 1 is 0.897 bits per heavy atom. The van der Waals surface area contributed by atoms with Crippen molar-refractivity contribution >= 4 is 0 Å². The molecule has 1 aromatic rings. The monoisotopic (exact) mass is 410 g/mol. The van der Waals surface area contributed by atoms with E-state index in [1.165, 1.54) is 44.1 Å².